The van der Waals surface area contributed by atoms with E-state index in [9.17, 15) is 0 Å². The first-order valence-corrected chi connectivity index (χ1v) is 4.26. The van der Waals surface area contributed by atoms with Crippen LogP contribution in [0.15, 0.2) is 30.9 Å². The van der Waals surface area contributed by atoms with Crippen molar-refractivity contribution in [3.63, 3.8) is 0 Å². The van der Waals surface area contributed by atoms with Crippen LogP contribution in [-0.4, -0.2) is 9.55 Å². The Morgan fingerprint density at radius 2 is 2.38 bits per heavy atom. The standard InChI is InChI=1S/C9H10N4/c1-11-4-2-5-13-7-12-6-3-10-8(12)9(11)13/h2-6H,7H2,1H3/q+2. The lowest BCUT2D eigenvalue weighted by atomic mass is 10.5. The third kappa shape index (κ3) is 0.771. The summed E-state index contributed by atoms with van der Waals surface area (Å²) in [5.41, 5.74) is 0. The molecule has 64 valence electrons. The molecular formula is C9H10N4+2. The van der Waals surface area contributed by atoms with Crippen molar-refractivity contribution in [2.24, 2.45) is 7.05 Å². The molecule has 0 bridgehead atoms. The van der Waals surface area contributed by atoms with Crippen LogP contribution in [0.2, 0.25) is 0 Å². The molecule has 4 nitrogen and oxygen atoms in total. The summed E-state index contributed by atoms with van der Waals surface area (Å²) < 4.78 is 6.41. The first kappa shape index (κ1) is 6.77. The highest BCUT2D eigenvalue weighted by molar-refractivity contribution is 5.36. The van der Waals surface area contributed by atoms with Crippen molar-refractivity contribution in [3.8, 4) is 11.6 Å². The summed E-state index contributed by atoms with van der Waals surface area (Å²) >= 11 is 0. The maximum atomic E-state index is 4.32. The van der Waals surface area contributed by atoms with E-state index in [0.29, 0.717) is 0 Å². The van der Waals surface area contributed by atoms with E-state index in [0.717, 1.165) is 18.3 Å². The molecule has 0 aromatic carbocycles. The quantitative estimate of drug-likeness (QED) is 0.421. The molecule has 0 saturated heterocycles. The van der Waals surface area contributed by atoms with Gasteiger partial charge in [-0.1, -0.05) is 0 Å². The van der Waals surface area contributed by atoms with E-state index in [2.05, 4.69) is 24.9 Å². The maximum Gasteiger partial charge on any atom is 0.489 e. The predicted octanol–water partition coefficient (Wildman–Crippen LogP) is -0.519. The molecular weight excluding hydrogens is 164 g/mol. The van der Waals surface area contributed by atoms with Crippen LogP contribution in [0.25, 0.3) is 11.6 Å². The van der Waals surface area contributed by atoms with E-state index >= 15 is 0 Å². The Balaban J connectivity index is 2.37. The van der Waals surface area contributed by atoms with E-state index in [4.69, 9.17) is 0 Å². The second kappa shape index (κ2) is 2.16. The Kier molecular flexibility index (Phi) is 1.12. The van der Waals surface area contributed by atoms with Gasteiger partial charge in [-0.2, -0.15) is 0 Å². The largest absolute Gasteiger partial charge is 0.489 e. The summed E-state index contributed by atoms with van der Waals surface area (Å²) in [4.78, 5) is 4.32. The molecule has 1 aliphatic heterocycles. The topological polar surface area (TPSA) is 25.6 Å². The zero-order chi connectivity index (χ0) is 8.84. The molecule has 0 saturated carbocycles. The fourth-order valence-corrected chi connectivity index (χ4v) is 1.81. The van der Waals surface area contributed by atoms with Crippen LogP contribution in [0, 0.1) is 0 Å². The second-order valence-electron chi connectivity index (χ2n) is 3.26. The molecule has 0 atom stereocenters. The molecule has 0 amide bonds. The van der Waals surface area contributed by atoms with Crippen LogP contribution in [-0.2, 0) is 13.7 Å². The molecule has 1 aliphatic rings. The summed E-state index contributed by atoms with van der Waals surface area (Å²) in [6.07, 6.45) is 7.95. The Morgan fingerprint density at radius 1 is 1.46 bits per heavy atom. The molecule has 0 unspecified atom stereocenters. The van der Waals surface area contributed by atoms with Gasteiger partial charge in [0.15, 0.2) is 12.4 Å². The van der Waals surface area contributed by atoms with Crippen LogP contribution in [0.4, 0.5) is 0 Å². The average molecular weight is 174 g/mol. The summed E-state index contributed by atoms with van der Waals surface area (Å²) in [6, 6.07) is 2.04. The number of rotatable bonds is 0. The van der Waals surface area contributed by atoms with E-state index in [1.807, 2.05) is 31.7 Å². The summed E-state index contributed by atoms with van der Waals surface area (Å²) in [5.74, 6) is 2.20. The average Bonchev–Trinajstić information content (AvgIpc) is 2.62. The highest BCUT2D eigenvalue weighted by atomic mass is 15.3. The predicted molar refractivity (Wildman–Crippen MR) is 44.4 cm³/mol. The van der Waals surface area contributed by atoms with Crippen molar-refractivity contribution >= 4 is 0 Å². The molecule has 0 spiro atoms. The first-order valence-electron chi connectivity index (χ1n) is 4.26. The van der Waals surface area contributed by atoms with E-state index in [-0.39, 0.29) is 0 Å². The third-order valence-electron chi connectivity index (χ3n) is 2.40. The molecule has 2 aromatic heterocycles. The van der Waals surface area contributed by atoms with Crippen LogP contribution >= 0.6 is 0 Å². The van der Waals surface area contributed by atoms with Gasteiger partial charge in [0.25, 0.3) is 5.82 Å². The molecule has 0 aliphatic carbocycles. The molecule has 3 heterocycles. The maximum absolute atomic E-state index is 4.32. The van der Waals surface area contributed by atoms with Crippen molar-refractivity contribution < 1.29 is 9.13 Å². The van der Waals surface area contributed by atoms with Gasteiger partial charge in [0, 0.05) is 12.4 Å². The number of hydrogen-bond donors (Lipinski definition) is 0. The van der Waals surface area contributed by atoms with Gasteiger partial charge in [-0.15, -0.1) is 9.13 Å². The normalized spacial score (nSPS) is 12.7. The van der Waals surface area contributed by atoms with Crippen LogP contribution < -0.4 is 9.13 Å². The van der Waals surface area contributed by atoms with Gasteiger partial charge in [0.05, 0.1) is 6.07 Å². The van der Waals surface area contributed by atoms with Crippen LogP contribution in [0.3, 0.4) is 0 Å². The Labute approximate surface area is 75.7 Å². The second-order valence-corrected chi connectivity index (χ2v) is 3.26. The Bertz CT molecular complexity index is 472. The van der Waals surface area contributed by atoms with E-state index < -0.39 is 0 Å². The molecule has 4 heteroatoms. The van der Waals surface area contributed by atoms with Gasteiger partial charge in [-0.3, -0.25) is 4.57 Å². The summed E-state index contributed by atoms with van der Waals surface area (Å²) in [7, 11) is 2.04. The van der Waals surface area contributed by atoms with E-state index in [1.165, 1.54) is 0 Å². The number of fused-ring (bicyclic) bond motifs is 3. The van der Waals surface area contributed by atoms with Gasteiger partial charge < -0.3 is 0 Å². The lowest BCUT2D eigenvalue weighted by molar-refractivity contribution is -0.793. The summed E-state index contributed by atoms with van der Waals surface area (Å²) in [5, 5.41) is 0. The van der Waals surface area contributed by atoms with Crippen molar-refractivity contribution in [2.45, 2.75) is 6.67 Å². The SMILES string of the molecule is C[n+]1ccc[n+]2c1-c1nccn1C2. The molecule has 0 N–H and O–H groups in total. The monoisotopic (exact) mass is 174 g/mol. The Morgan fingerprint density at radius 3 is 3.31 bits per heavy atom. The molecule has 0 radical (unpaired) electrons. The smallest absolute Gasteiger partial charge is 0.263 e. The molecule has 13 heavy (non-hydrogen) atoms. The third-order valence-corrected chi connectivity index (χ3v) is 2.40. The zero-order valence-corrected chi connectivity index (χ0v) is 7.38. The zero-order valence-electron chi connectivity index (χ0n) is 7.38. The minimum atomic E-state index is 0.874. The lowest BCUT2D eigenvalue weighted by Crippen LogP contribution is -2.45. The Hall–Kier alpha value is -1.71. The number of hydrogen-bond acceptors (Lipinski definition) is 1. The fraction of sp³-hybridized carbons (Fsp3) is 0.222. The van der Waals surface area contributed by atoms with Crippen molar-refractivity contribution in [2.75, 3.05) is 0 Å². The van der Waals surface area contributed by atoms with Gasteiger partial charge in [-0.05, 0) is 0 Å². The minimum absolute atomic E-state index is 0.874. The number of imidazole rings is 1. The van der Waals surface area contributed by atoms with Gasteiger partial charge in [-0.25, -0.2) is 4.98 Å². The highest BCUT2D eigenvalue weighted by Crippen LogP contribution is 2.12. The molecule has 0 fully saturated rings. The van der Waals surface area contributed by atoms with Crippen molar-refractivity contribution in [1.82, 2.24) is 9.55 Å². The first-order chi connectivity index (χ1) is 6.36. The van der Waals surface area contributed by atoms with Crippen molar-refractivity contribution in [3.05, 3.63) is 30.9 Å². The van der Waals surface area contributed by atoms with Gasteiger partial charge >= 0.3 is 5.82 Å². The molecule has 2 aromatic rings. The fourth-order valence-electron chi connectivity index (χ4n) is 1.81. The summed E-state index contributed by atoms with van der Waals surface area (Å²) in [6.45, 7) is 0.874. The minimum Gasteiger partial charge on any atom is -0.263 e. The number of aromatic nitrogens is 4. The highest BCUT2D eigenvalue weighted by Gasteiger charge is 2.35. The number of aryl methyl sites for hydroxylation is 1. The number of nitrogens with zero attached hydrogens (tertiary/aromatic N) is 4. The lowest BCUT2D eigenvalue weighted by Gasteiger charge is -1.88. The van der Waals surface area contributed by atoms with E-state index in [1.54, 1.807) is 0 Å². The van der Waals surface area contributed by atoms with Crippen molar-refractivity contribution in [1.29, 1.82) is 0 Å². The van der Waals surface area contributed by atoms with Gasteiger partial charge in [0.1, 0.15) is 7.05 Å². The van der Waals surface area contributed by atoms with Gasteiger partial charge in [0.2, 0.25) is 6.67 Å². The molecule has 3 rings (SSSR count). The van der Waals surface area contributed by atoms with Crippen LogP contribution in [0.5, 0.6) is 0 Å². The van der Waals surface area contributed by atoms with Crippen LogP contribution in [0.1, 0.15) is 0 Å².